The lowest BCUT2D eigenvalue weighted by Crippen LogP contribution is -3.10. The zero-order valence-corrected chi connectivity index (χ0v) is 17.2. The summed E-state index contributed by atoms with van der Waals surface area (Å²) in [6.07, 6.45) is 0. The number of hydrogen-bond donors (Lipinski definition) is 3. The molecule has 0 aliphatic rings. The van der Waals surface area contributed by atoms with Crippen LogP contribution in [0.25, 0.3) is 0 Å². The summed E-state index contributed by atoms with van der Waals surface area (Å²) in [6.45, 7) is 13.0. The van der Waals surface area contributed by atoms with Crippen LogP contribution in [0.1, 0.15) is 50.3 Å². The number of anilines is 1. The second kappa shape index (κ2) is 10.3. The lowest BCUT2D eigenvalue weighted by Gasteiger charge is -2.18. The van der Waals surface area contributed by atoms with Gasteiger partial charge >= 0.3 is 0 Å². The molecule has 0 saturated carbocycles. The Kier molecular flexibility index (Phi) is 8.07. The zero-order valence-electron chi connectivity index (χ0n) is 16.4. The molecule has 4 heteroatoms. The van der Waals surface area contributed by atoms with E-state index in [1.165, 1.54) is 16.7 Å². The van der Waals surface area contributed by atoms with Crippen molar-refractivity contribution < 1.29 is 4.90 Å². The van der Waals surface area contributed by atoms with Gasteiger partial charge in [0.25, 0.3) is 0 Å². The SMILES string of the molecule is CC[NH+](CC)Cc1ccccc1CNC(=S)Nc1ccc(C(C)C)cc1. The molecule has 0 heterocycles. The molecule has 0 fully saturated rings. The first kappa shape index (κ1) is 20.4. The highest BCUT2D eigenvalue weighted by atomic mass is 32.1. The third-order valence-electron chi connectivity index (χ3n) is 4.83. The van der Waals surface area contributed by atoms with E-state index in [9.17, 15) is 0 Å². The Labute approximate surface area is 163 Å². The van der Waals surface area contributed by atoms with Crippen molar-refractivity contribution in [3.63, 3.8) is 0 Å². The summed E-state index contributed by atoms with van der Waals surface area (Å²) < 4.78 is 0. The molecule has 140 valence electrons. The number of quaternary nitrogens is 1. The van der Waals surface area contributed by atoms with Gasteiger partial charge in [0.15, 0.2) is 5.11 Å². The second-order valence-electron chi connectivity index (χ2n) is 6.99. The molecule has 2 rings (SSSR count). The van der Waals surface area contributed by atoms with Crippen LogP contribution in [0.4, 0.5) is 5.69 Å². The predicted molar refractivity (Wildman–Crippen MR) is 116 cm³/mol. The quantitative estimate of drug-likeness (QED) is 0.619. The van der Waals surface area contributed by atoms with Gasteiger partial charge in [0.2, 0.25) is 0 Å². The predicted octanol–water partition coefficient (Wildman–Crippen LogP) is 3.72. The van der Waals surface area contributed by atoms with Gasteiger partial charge in [-0.3, -0.25) is 0 Å². The zero-order chi connectivity index (χ0) is 18.9. The molecule has 0 bridgehead atoms. The molecule has 26 heavy (non-hydrogen) atoms. The molecular weight excluding hydrogens is 338 g/mol. The van der Waals surface area contributed by atoms with E-state index >= 15 is 0 Å². The smallest absolute Gasteiger partial charge is 0.171 e. The molecule has 0 amide bonds. The minimum atomic E-state index is 0.540. The van der Waals surface area contributed by atoms with Crippen molar-refractivity contribution in [3.8, 4) is 0 Å². The molecule has 0 radical (unpaired) electrons. The molecule has 0 saturated heterocycles. The van der Waals surface area contributed by atoms with Gasteiger partial charge in [0.1, 0.15) is 6.54 Å². The fourth-order valence-corrected chi connectivity index (χ4v) is 3.16. The maximum absolute atomic E-state index is 5.47. The summed E-state index contributed by atoms with van der Waals surface area (Å²) in [5.41, 5.74) is 5.06. The molecule has 3 nitrogen and oxygen atoms in total. The molecule has 3 N–H and O–H groups in total. The first-order chi connectivity index (χ1) is 12.5. The fraction of sp³-hybridized carbons (Fsp3) is 0.409. The van der Waals surface area contributed by atoms with Gasteiger partial charge in [-0.25, -0.2) is 0 Å². The van der Waals surface area contributed by atoms with Gasteiger partial charge in [-0.05, 0) is 55.2 Å². The van der Waals surface area contributed by atoms with Crippen molar-refractivity contribution in [2.75, 3.05) is 18.4 Å². The average Bonchev–Trinajstić information content (AvgIpc) is 2.65. The first-order valence-corrected chi connectivity index (χ1v) is 9.99. The standard InChI is InChI=1S/C22H31N3S/c1-5-25(6-2)16-20-10-8-7-9-19(20)15-23-22(26)24-21-13-11-18(12-14-21)17(3)4/h7-14,17H,5-6,15-16H2,1-4H3,(H2,23,24,26)/p+1. The van der Waals surface area contributed by atoms with Gasteiger partial charge in [-0.15, -0.1) is 0 Å². The average molecular weight is 371 g/mol. The highest BCUT2D eigenvalue weighted by molar-refractivity contribution is 7.80. The van der Waals surface area contributed by atoms with Gasteiger partial charge in [-0.2, -0.15) is 0 Å². The maximum atomic E-state index is 5.47. The molecule has 2 aromatic carbocycles. The Hall–Kier alpha value is -1.91. The topological polar surface area (TPSA) is 28.5 Å². The Morgan fingerprint density at radius 3 is 2.15 bits per heavy atom. The van der Waals surface area contributed by atoms with Crippen molar-refractivity contribution in [3.05, 3.63) is 65.2 Å². The summed E-state index contributed by atoms with van der Waals surface area (Å²) >= 11 is 5.47. The van der Waals surface area contributed by atoms with Crippen LogP contribution >= 0.6 is 12.2 Å². The Bertz CT molecular complexity index is 691. The summed E-state index contributed by atoms with van der Waals surface area (Å²) in [4.78, 5) is 1.59. The fourth-order valence-electron chi connectivity index (χ4n) is 2.97. The highest BCUT2D eigenvalue weighted by Crippen LogP contribution is 2.17. The van der Waals surface area contributed by atoms with Crippen LogP contribution in [0, 0.1) is 0 Å². The molecule has 0 aliphatic carbocycles. The van der Waals surface area contributed by atoms with E-state index in [1.54, 1.807) is 4.90 Å². The van der Waals surface area contributed by atoms with E-state index in [2.05, 4.69) is 86.9 Å². The number of rotatable bonds is 8. The summed E-state index contributed by atoms with van der Waals surface area (Å²) in [5, 5.41) is 7.28. The number of nitrogens with one attached hydrogen (secondary N) is 3. The number of benzene rings is 2. The minimum Gasteiger partial charge on any atom is -0.358 e. The summed E-state index contributed by atoms with van der Waals surface area (Å²) in [5.74, 6) is 0.540. The van der Waals surface area contributed by atoms with Crippen LogP contribution in [-0.4, -0.2) is 18.2 Å². The Balaban J connectivity index is 1.92. The van der Waals surface area contributed by atoms with Gasteiger partial charge in [-0.1, -0.05) is 50.2 Å². The maximum Gasteiger partial charge on any atom is 0.171 e. The third-order valence-corrected chi connectivity index (χ3v) is 5.08. The van der Waals surface area contributed by atoms with Crippen molar-refractivity contribution in [1.82, 2.24) is 5.32 Å². The monoisotopic (exact) mass is 370 g/mol. The highest BCUT2D eigenvalue weighted by Gasteiger charge is 2.09. The van der Waals surface area contributed by atoms with E-state index in [0.717, 1.165) is 31.9 Å². The van der Waals surface area contributed by atoms with Gasteiger partial charge < -0.3 is 15.5 Å². The third kappa shape index (κ3) is 6.11. The van der Waals surface area contributed by atoms with E-state index in [0.29, 0.717) is 11.0 Å². The normalized spacial score (nSPS) is 11.0. The lowest BCUT2D eigenvalue weighted by atomic mass is 10.0. The van der Waals surface area contributed by atoms with Crippen molar-refractivity contribution >= 4 is 23.0 Å². The van der Waals surface area contributed by atoms with Crippen molar-refractivity contribution in [2.45, 2.75) is 46.7 Å². The lowest BCUT2D eigenvalue weighted by molar-refractivity contribution is -0.910. The van der Waals surface area contributed by atoms with Crippen LogP contribution in [0.3, 0.4) is 0 Å². The molecule has 0 atom stereocenters. The number of thiocarbonyl (C=S) groups is 1. The number of hydrogen-bond acceptors (Lipinski definition) is 1. The van der Waals surface area contributed by atoms with Gasteiger partial charge in [0, 0.05) is 17.8 Å². The summed E-state index contributed by atoms with van der Waals surface area (Å²) in [6, 6.07) is 17.1. The Morgan fingerprint density at radius 2 is 1.58 bits per heavy atom. The van der Waals surface area contributed by atoms with Crippen LogP contribution < -0.4 is 15.5 Å². The summed E-state index contributed by atoms with van der Waals surface area (Å²) in [7, 11) is 0. The van der Waals surface area contributed by atoms with Crippen molar-refractivity contribution in [1.29, 1.82) is 0 Å². The van der Waals surface area contributed by atoms with Crippen molar-refractivity contribution in [2.24, 2.45) is 0 Å². The molecular formula is C22H32N3S+. The molecule has 0 spiro atoms. The van der Waals surface area contributed by atoms with Gasteiger partial charge in [0.05, 0.1) is 13.1 Å². The van der Waals surface area contributed by atoms with Crippen LogP contribution in [0.5, 0.6) is 0 Å². The Morgan fingerprint density at radius 1 is 0.962 bits per heavy atom. The first-order valence-electron chi connectivity index (χ1n) is 9.58. The second-order valence-corrected chi connectivity index (χ2v) is 7.40. The largest absolute Gasteiger partial charge is 0.358 e. The molecule has 0 aromatic heterocycles. The van der Waals surface area contributed by atoms with Crippen LogP contribution in [-0.2, 0) is 13.1 Å². The van der Waals surface area contributed by atoms with E-state index in [-0.39, 0.29) is 0 Å². The van der Waals surface area contributed by atoms with Crippen LogP contribution in [0.2, 0.25) is 0 Å². The minimum absolute atomic E-state index is 0.540. The van der Waals surface area contributed by atoms with Crippen LogP contribution in [0.15, 0.2) is 48.5 Å². The molecule has 0 aliphatic heterocycles. The van der Waals surface area contributed by atoms with E-state index in [4.69, 9.17) is 12.2 Å². The molecule has 0 unspecified atom stereocenters. The van der Waals surface area contributed by atoms with E-state index < -0.39 is 0 Å². The molecule has 2 aromatic rings. The van der Waals surface area contributed by atoms with E-state index in [1.807, 2.05) is 0 Å².